The van der Waals surface area contributed by atoms with Gasteiger partial charge >= 0.3 is 11.9 Å². The molecule has 0 bridgehead atoms. The summed E-state index contributed by atoms with van der Waals surface area (Å²) in [5.41, 5.74) is 3.12. The van der Waals surface area contributed by atoms with E-state index in [0.29, 0.717) is 70.9 Å². The zero-order valence-corrected chi connectivity index (χ0v) is 37.0. The van der Waals surface area contributed by atoms with Crippen LogP contribution in [0.2, 0.25) is 0 Å². The van der Waals surface area contributed by atoms with Crippen molar-refractivity contribution in [3.8, 4) is 39.9 Å². The van der Waals surface area contributed by atoms with Crippen molar-refractivity contribution in [2.45, 2.75) is 78.6 Å². The van der Waals surface area contributed by atoms with E-state index in [9.17, 15) is 9.59 Å². The summed E-state index contributed by atoms with van der Waals surface area (Å²) < 4.78 is 31.8. The standard InChI is InChI=1S/C55H56N2O7/c1-4-7-17-34-60-49-37-42(38-50(61-35-18-8-5-2)53(49)62-36-19-9-6-3)55(59)64-48-33-29-40-21-14-16-25-46(40)52(48)51-45-24-15-13-20-39(45)28-32-47(51)63-54(58)41-26-30-44(31-27-41)57-56-43-22-11-10-12-23-43/h10-16,20-33,37-38H,4-9,17-19,34-36H2,1-3H3. The van der Waals surface area contributed by atoms with Crippen LogP contribution in [-0.4, -0.2) is 31.8 Å². The van der Waals surface area contributed by atoms with E-state index in [1.807, 2.05) is 91.0 Å². The molecular formula is C55H56N2O7. The number of hydrogen-bond donors (Lipinski definition) is 0. The fraction of sp³-hybridized carbons (Fsp3) is 0.273. The molecule has 0 aromatic heterocycles. The lowest BCUT2D eigenvalue weighted by Gasteiger charge is -2.20. The van der Waals surface area contributed by atoms with Crippen LogP contribution in [0.5, 0.6) is 28.7 Å². The van der Waals surface area contributed by atoms with Gasteiger partial charge in [-0.25, -0.2) is 9.59 Å². The monoisotopic (exact) mass is 856 g/mol. The van der Waals surface area contributed by atoms with Crippen LogP contribution in [0, 0.1) is 0 Å². The number of nitrogens with zero attached hydrogens (tertiary/aromatic N) is 2. The highest BCUT2D eigenvalue weighted by atomic mass is 16.6. The second kappa shape index (κ2) is 22.9. The van der Waals surface area contributed by atoms with E-state index in [1.165, 1.54) is 0 Å². The van der Waals surface area contributed by atoms with Gasteiger partial charge in [-0.2, -0.15) is 10.2 Å². The molecule has 64 heavy (non-hydrogen) atoms. The van der Waals surface area contributed by atoms with Crippen molar-refractivity contribution in [1.29, 1.82) is 0 Å². The van der Waals surface area contributed by atoms with Gasteiger partial charge in [-0.15, -0.1) is 0 Å². The molecule has 7 aromatic rings. The molecule has 7 aromatic carbocycles. The normalized spacial score (nSPS) is 11.2. The van der Waals surface area contributed by atoms with Gasteiger partial charge in [0, 0.05) is 11.1 Å². The third-order valence-electron chi connectivity index (χ3n) is 10.8. The Morgan fingerprint density at radius 3 is 1.36 bits per heavy atom. The minimum Gasteiger partial charge on any atom is -0.490 e. The Morgan fingerprint density at radius 2 is 0.859 bits per heavy atom. The van der Waals surface area contributed by atoms with E-state index in [4.69, 9.17) is 23.7 Å². The lowest BCUT2D eigenvalue weighted by atomic mass is 9.92. The minimum atomic E-state index is -0.603. The van der Waals surface area contributed by atoms with Crippen LogP contribution in [0.25, 0.3) is 32.7 Å². The molecule has 0 aliphatic heterocycles. The van der Waals surface area contributed by atoms with Gasteiger partial charge in [-0.3, -0.25) is 0 Å². The van der Waals surface area contributed by atoms with E-state index in [-0.39, 0.29) is 5.56 Å². The van der Waals surface area contributed by atoms with Crippen LogP contribution in [0.1, 0.15) is 99.3 Å². The molecule has 328 valence electrons. The molecule has 9 nitrogen and oxygen atoms in total. The SMILES string of the molecule is CCCCCOc1cc(C(=O)Oc2ccc3ccccc3c2-c2c(OC(=O)c3ccc(N=Nc4ccccc4)cc3)ccc3ccccc23)cc(OCCCCC)c1OCCCCC. The van der Waals surface area contributed by atoms with Crippen molar-refractivity contribution in [3.05, 3.63) is 151 Å². The molecule has 0 spiro atoms. The Balaban J connectivity index is 1.27. The number of rotatable bonds is 22. The van der Waals surface area contributed by atoms with Crippen LogP contribution in [0.3, 0.4) is 0 Å². The fourth-order valence-corrected chi connectivity index (χ4v) is 7.43. The topological polar surface area (TPSA) is 105 Å². The molecule has 0 unspecified atom stereocenters. The van der Waals surface area contributed by atoms with Gasteiger partial charge in [0.15, 0.2) is 11.5 Å². The minimum absolute atomic E-state index is 0.257. The molecule has 0 fully saturated rings. The molecule has 0 radical (unpaired) electrons. The maximum atomic E-state index is 14.6. The lowest BCUT2D eigenvalue weighted by molar-refractivity contribution is 0.0723. The molecular weight excluding hydrogens is 801 g/mol. The molecule has 0 saturated carbocycles. The molecule has 0 aliphatic rings. The average Bonchev–Trinajstić information content (AvgIpc) is 3.33. The number of benzene rings is 7. The summed E-state index contributed by atoms with van der Waals surface area (Å²) in [5, 5.41) is 12.1. The van der Waals surface area contributed by atoms with E-state index in [2.05, 4.69) is 31.0 Å². The number of hydrogen-bond acceptors (Lipinski definition) is 9. The van der Waals surface area contributed by atoms with Gasteiger partial charge in [0.05, 0.1) is 42.3 Å². The smallest absolute Gasteiger partial charge is 0.343 e. The number of fused-ring (bicyclic) bond motifs is 2. The maximum absolute atomic E-state index is 14.6. The quantitative estimate of drug-likeness (QED) is 0.0289. The van der Waals surface area contributed by atoms with E-state index < -0.39 is 11.9 Å². The van der Waals surface area contributed by atoms with Crippen molar-refractivity contribution >= 4 is 44.9 Å². The Labute approximate surface area is 376 Å². The number of carbonyl (C=O) groups is 2. The Kier molecular flexibility index (Phi) is 16.1. The van der Waals surface area contributed by atoms with Gasteiger partial charge in [-0.1, -0.05) is 138 Å². The largest absolute Gasteiger partial charge is 0.490 e. The van der Waals surface area contributed by atoms with Gasteiger partial charge in [-0.05, 0) is 101 Å². The third-order valence-corrected chi connectivity index (χ3v) is 10.8. The molecule has 7 rings (SSSR count). The van der Waals surface area contributed by atoms with Crippen molar-refractivity contribution in [3.63, 3.8) is 0 Å². The third kappa shape index (κ3) is 11.5. The van der Waals surface area contributed by atoms with Gasteiger partial charge in [0.25, 0.3) is 0 Å². The highest BCUT2D eigenvalue weighted by molar-refractivity contribution is 6.11. The first-order valence-corrected chi connectivity index (χ1v) is 22.6. The molecule has 0 saturated heterocycles. The zero-order chi connectivity index (χ0) is 44.5. The predicted molar refractivity (Wildman–Crippen MR) is 255 cm³/mol. The molecule has 0 heterocycles. The summed E-state index contributed by atoms with van der Waals surface area (Å²) in [6.45, 7) is 7.88. The summed E-state index contributed by atoms with van der Waals surface area (Å²) >= 11 is 0. The maximum Gasteiger partial charge on any atom is 0.343 e. The van der Waals surface area contributed by atoms with Crippen LogP contribution in [-0.2, 0) is 0 Å². The van der Waals surface area contributed by atoms with Crippen molar-refractivity contribution in [1.82, 2.24) is 0 Å². The fourth-order valence-electron chi connectivity index (χ4n) is 7.43. The van der Waals surface area contributed by atoms with Crippen LogP contribution in [0.15, 0.2) is 150 Å². The van der Waals surface area contributed by atoms with Gasteiger partial charge in [0.1, 0.15) is 11.5 Å². The number of esters is 2. The first kappa shape index (κ1) is 45.0. The van der Waals surface area contributed by atoms with E-state index >= 15 is 0 Å². The lowest BCUT2D eigenvalue weighted by Crippen LogP contribution is -2.13. The van der Waals surface area contributed by atoms with Crippen molar-refractivity contribution < 1.29 is 33.3 Å². The first-order valence-electron chi connectivity index (χ1n) is 22.6. The molecule has 0 amide bonds. The Morgan fingerprint density at radius 1 is 0.422 bits per heavy atom. The number of azo groups is 1. The summed E-state index contributed by atoms with van der Waals surface area (Å²) in [7, 11) is 0. The number of carbonyl (C=O) groups excluding carboxylic acids is 2. The average molecular weight is 857 g/mol. The van der Waals surface area contributed by atoms with Crippen molar-refractivity contribution in [2.24, 2.45) is 10.2 Å². The molecule has 9 heteroatoms. The summed E-state index contributed by atoms with van der Waals surface area (Å²) in [6.07, 6.45) is 8.81. The number of unbranched alkanes of at least 4 members (excludes halogenated alkanes) is 6. The predicted octanol–water partition coefficient (Wildman–Crippen LogP) is 15.2. The van der Waals surface area contributed by atoms with Gasteiger partial charge < -0.3 is 23.7 Å². The van der Waals surface area contributed by atoms with Gasteiger partial charge in [0.2, 0.25) is 5.75 Å². The second-order valence-electron chi connectivity index (χ2n) is 15.6. The van der Waals surface area contributed by atoms with E-state index in [0.717, 1.165) is 85.0 Å². The highest BCUT2D eigenvalue weighted by Gasteiger charge is 2.25. The van der Waals surface area contributed by atoms with Crippen LogP contribution >= 0.6 is 0 Å². The molecule has 0 aliphatic carbocycles. The van der Waals surface area contributed by atoms with E-state index in [1.54, 1.807) is 48.5 Å². The zero-order valence-electron chi connectivity index (χ0n) is 37.0. The Hall–Kier alpha value is -7.00. The summed E-state index contributed by atoms with van der Waals surface area (Å²) in [6, 6.07) is 42.8. The first-order chi connectivity index (χ1) is 31.5. The van der Waals surface area contributed by atoms with Crippen LogP contribution in [0.4, 0.5) is 11.4 Å². The molecule has 0 atom stereocenters. The summed E-state index contributed by atoms with van der Waals surface area (Å²) in [4.78, 5) is 28.5. The second-order valence-corrected chi connectivity index (χ2v) is 15.6. The van der Waals surface area contributed by atoms with Crippen LogP contribution < -0.4 is 23.7 Å². The van der Waals surface area contributed by atoms with Crippen molar-refractivity contribution in [2.75, 3.05) is 19.8 Å². The summed E-state index contributed by atoms with van der Waals surface area (Å²) in [5.74, 6) is 0.830. The Bertz CT molecular complexity index is 2640. The molecule has 0 N–H and O–H groups in total. The highest BCUT2D eigenvalue weighted by Crippen LogP contribution is 2.46. The number of ether oxygens (including phenoxy) is 5.